The summed E-state index contributed by atoms with van der Waals surface area (Å²) < 4.78 is 1.56. The normalized spacial score (nSPS) is 10.4. The molecule has 0 bridgehead atoms. The standard InChI is InChI=1S/C8H7N3O2S/c1-5-2-3-11(10-5)8-9-4-6(14-8)7(12)13/h2-4H,1H3,(H,12,13). The van der Waals surface area contributed by atoms with E-state index in [9.17, 15) is 4.79 Å². The molecule has 0 aliphatic heterocycles. The minimum absolute atomic E-state index is 0.216. The molecule has 0 radical (unpaired) electrons. The van der Waals surface area contributed by atoms with Gasteiger partial charge in [-0.1, -0.05) is 11.3 Å². The zero-order valence-electron chi connectivity index (χ0n) is 7.34. The van der Waals surface area contributed by atoms with Gasteiger partial charge in [-0.2, -0.15) is 5.10 Å². The van der Waals surface area contributed by atoms with Crippen molar-refractivity contribution in [3.8, 4) is 5.13 Å². The molecule has 5 nitrogen and oxygen atoms in total. The van der Waals surface area contributed by atoms with E-state index in [1.165, 1.54) is 6.20 Å². The Morgan fingerprint density at radius 2 is 2.43 bits per heavy atom. The number of carboxylic acid groups (broad SMARTS) is 1. The fourth-order valence-electron chi connectivity index (χ4n) is 0.991. The zero-order chi connectivity index (χ0) is 10.1. The number of aromatic nitrogens is 3. The molecule has 72 valence electrons. The van der Waals surface area contributed by atoms with Crippen LogP contribution in [0.3, 0.4) is 0 Å². The molecule has 0 saturated heterocycles. The molecule has 2 aromatic rings. The number of rotatable bonds is 2. The molecule has 6 heteroatoms. The summed E-state index contributed by atoms with van der Waals surface area (Å²) in [4.78, 5) is 14.8. The van der Waals surface area contributed by atoms with Gasteiger partial charge in [0.2, 0.25) is 5.13 Å². The summed E-state index contributed by atoms with van der Waals surface area (Å²) in [5.41, 5.74) is 0.872. The number of hydrogen-bond donors (Lipinski definition) is 1. The van der Waals surface area contributed by atoms with E-state index in [0.29, 0.717) is 5.13 Å². The number of aryl methyl sites for hydroxylation is 1. The number of aromatic carboxylic acids is 1. The molecule has 2 rings (SSSR count). The van der Waals surface area contributed by atoms with Crippen molar-refractivity contribution in [1.29, 1.82) is 0 Å². The SMILES string of the molecule is Cc1ccn(-c2ncc(C(=O)O)s2)n1. The third kappa shape index (κ3) is 1.51. The van der Waals surface area contributed by atoms with Crippen molar-refractivity contribution in [2.45, 2.75) is 6.92 Å². The highest BCUT2D eigenvalue weighted by atomic mass is 32.1. The lowest BCUT2D eigenvalue weighted by atomic mass is 10.5. The molecular formula is C8H7N3O2S. The molecule has 0 saturated carbocycles. The summed E-state index contributed by atoms with van der Waals surface area (Å²) in [7, 11) is 0. The summed E-state index contributed by atoms with van der Waals surface area (Å²) >= 11 is 1.10. The zero-order valence-corrected chi connectivity index (χ0v) is 8.15. The quantitative estimate of drug-likeness (QED) is 0.810. The Morgan fingerprint density at radius 3 is 2.93 bits per heavy atom. The summed E-state index contributed by atoms with van der Waals surface area (Å²) in [6.45, 7) is 1.86. The van der Waals surface area contributed by atoms with Gasteiger partial charge in [0.05, 0.1) is 11.9 Å². The molecule has 1 N–H and O–H groups in total. The van der Waals surface area contributed by atoms with Crippen LogP contribution in [0.25, 0.3) is 5.13 Å². The van der Waals surface area contributed by atoms with Gasteiger partial charge < -0.3 is 5.11 Å². The van der Waals surface area contributed by atoms with E-state index in [0.717, 1.165) is 17.0 Å². The Morgan fingerprint density at radius 1 is 1.64 bits per heavy atom. The largest absolute Gasteiger partial charge is 0.477 e. The first-order chi connectivity index (χ1) is 6.66. The fourth-order valence-corrected chi connectivity index (χ4v) is 1.68. The third-order valence-corrected chi connectivity index (χ3v) is 2.60. The molecule has 0 aromatic carbocycles. The molecule has 0 fully saturated rings. The molecule has 14 heavy (non-hydrogen) atoms. The summed E-state index contributed by atoms with van der Waals surface area (Å²) in [5, 5.41) is 13.4. The molecule has 0 amide bonds. The van der Waals surface area contributed by atoms with Gasteiger partial charge in [0, 0.05) is 6.20 Å². The minimum Gasteiger partial charge on any atom is -0.477 e. The molecule has 0 aliphatic rings. The fraction of sp³-hybridized carbons (Fsp3) is 0.125. The Kier molecular flexibility index (Phi) is 2.05. The van der Waals surface area contributed by atoms with E-state index in [4.69, 9.17) is 5.11 Å². The Bertz CT molecular complexity index is 474. The first-order valence-electron chi connectivity index (χ1n) is 3.88. The molecule has 0 atom stereocenters. The summed E-state index contributed by atoms with van der Waals surface area (Å²) in [6.07, 6.45) is 3.08. The van der Waals surface area contributed by atoms with Crippen molar-refractivity contribution in [2.24, 2.45) is 0 Å². The second kappa shape index (κ2) is 3.22. The maximum Gasteiger partial charge on any atom is 0.347 e. The van der Waals surface area contributed by atoms with Crippen LogP contribution in [0.4, 0.5) is 0 Å². The van der Waals surface area contributed by atoms with E-state index >= 15 is 0 Å². The third-order valence-electron chi connectivity index (χ3n) is 1.62. The summed E-state index contributed by atoms with van der Waals surface area (Å²) in [5.74, 6) is -0.961. The average Bonchev–Trinajstić information content (AvgIpc) is 2.70. The van der Waals surface area contributed by atoms with Crippen molar-refractivity contribution in [2.75, 3.05) is 0 Å². The topological polar surface area (TPSA) is 68.0 Å². The van der Waals surface area contributed by atoms with Crippen LogP contribution in [0.5, 0.6) is 0 Å². The van der Waals surface area contributed by atoms with Crippen LogP contribution < -0.4 is 0 Å². The van der Waals surface area contributed by atoms with Crippen molar-refractivity contribution < 1.29 is 9.90 Å². The lowest BCUT2D eigenvalue weighted by molar-refractivity contribution is 0.0702. The van der Waals surface area contributed by atoms with Crippen LogP contribution in [-0.4, -0.2) is 25.8 Å². The van der Waals surface area contributed by atoms with E-state index in [1.54, 1.807) is 10.9 Å². The molecule has 2 heterocycles. The second-order valence-corrected chi connectivity index (χ2v) is 3.72. The van der Waals surface area contributed by atoms with Crippen LogP contribution in [0.15, 0.2) is 18.5 Å². The predicted octanol–water partition coefficient (Wildman–Crippen LogP) is 1.34. The van der Waals surface area contributed by atoms with Gasteiger partial charge in [0.1, 0.15) is 4.88 Å². The highest BCUT2D eigenvalue weighted by molar-refractivity contribution is 7.15. The van der Waals surface area contributed by atoms with Gasteiger partial charge in [-0.25, -0.2) is 14.5 Å². The maximum atomic E-state index is 10.6. The van der Waals surface area contributed by atoms with Crippen LogP contribution in [0, 0.1) is 6.92 Å². The van der Waals surface area contributed by atoms with Crippen LogP contribution in [0.2, 0.25) is 0 Å². The smallest absolute Gasteiger partial charge is 0.347 e. The van der Waals surface area contributed by atoms with Gasteiger partial charge in [0.15, 0.2) is 0 Å². The number of carbonyl (C=O) groups is 1. The van der Waals surface area contributed by atoms with E-state index in [-0.39, 0.29) is 4.88 Å². The van der Waals surface area contributed by atoms with Crippen molar-refractivity contribution >= 4 is 17.3 Å². The number of hydrogen-bond acceptors (Lipinski definition) is 4. The Hall–Kier alpha value is -1.69. The van der Waals surface area contributed by atoms with Crippen molar-refractivity contribution in [3.05, 3.63) is 29.0 Å². The summed E-state index contributed by atoms with van der Waals surface area (Å²) in [6, 6.07) is 1.84. The molecular weight excluding hydrogens is 202 g/mol. The first-order valence-corrected chi connectivity index (χ1v) is 4.70. The van der Waals surface area contributed by atoms with Crippen LogP contribution in [0.1, 0.15) is 15.4 Å². The highest BCUT2D eigenvalue weighted by Gasteiger charge is 2.09. The van der Waals surface area contributed by atoms with Gasteiger partial charge in [0.25, 0.3) is 0 Å². The van der Waals surface area contributed by atoms with Crippen LogP contribution >= 0.6 is 11.3 Å². The van der Waals surface area contributed by atoms with E-state index in [1.807, 2.05) is 13.0 Å². The molecule has 0 aliphatic carbocycles. The Labute approximate surface area is 83.6 Å². The number of thiazole rings is 1. The Balaban J connectivity index is 2.38. The van der Waals surface area contributed by atoms with Gasteiger partial charge in [-0.15, -0.1) is 0 Å². The van der Waals surface area contributed by atoms with Gasteiger partial charge in [-0.05, 0) is 13.0 Å². The number of carboxylic acids is 1. The van der Waals surface area contributed by atoms with E-state index in [2.05, 4.69) is 10.1 Å². The highest BCUT2D eigenvalue weighted by Crippen LogP contribution is 2.16. The van der Waals surface area contributed by atoms with Gasteiger partial charge >= 0.3 is 5.97 Å². The van der Waals surface area contributed by atoms with Crippen molar-refractivity contribution in [1.82, 2.24) is 14.8 Å². The maximum absolute atomic E-state index is 10.6. The monoisotopic (exact) mass is 209 g/mol. The lowest BCUT2D eigenvalue weighted by Gasteiger charge is -1.91. The second-order valence-electron chi connectivity index (χ2n) is 2.71. The van der Waals surface area contributed by atoms with Gasteiger partial charge in [-0.3, -0.25) is 0 Å². The first kappa shape index (κ1) is 8.89. The molecule has 0 spiro atoms. The predicted molar refractivity (Wildman–Crippen MR) is 50.9 cm³/mol. The van der Waals surface area contributed by atoms with Crippen molar-refractivity contribution in [3.63, 3.8) is 0 Å². The van der Waals surface area contributed by atoms with Crippen LogP contribution in [-0.2, 0) is 0 Å². The average molecular weight is 209 g/mol. The minimum atomic E-state index is -0.961. The van der Waals surface area contributed by atoms with E-state index < -0.39 is 5.97 Å². The molecule has 2 aromatic heterocycles. The molecule has 0 unspecified atom stereocenters. The lowest BCUT2D eigenvalue weighted by Crippen LogP contribution is -1.93. The number of nitrogens with zero attached hydrogens (tertiary/aromatic N) is 3.